The van der Waals surface area contributed by atoms with Crippen LogP contribution in [0.5, 0.6) is 5.75 Å². The van der Waals surface area contributed by atoms with Crippen molar-refractivity contribution in [1.82, 2.24) is 15.0 Å². The molecule has 0 spiro atoms. The average molecular weight is 256 g/mol. The number of nitrogens with zero attached hydrogens (tertiary/aromatic N) is 4. The Labute approximate surface area is 112 Å². The molecule has 1 aliphatic rings. The van der Waals surface area contributed by atoms with Crippen LogP contribution >= 0.6 is 0 Å². The lowest BCUT2D eigenvalue weighted by atomic mass is 10.3. The van der Waals surface area contributed by atoms with Crippen LogP contribution in [0, 0.1) is 6.92 Å². The van der Waals surface area contributed by atoms with E-state index in [1.165, 1.54) is 0 Å². The van der Waals surface area contributed by atoms with Crippen molar-refractivity contribution >= 4 is 5.95 Å². The topological polar surface area (TPSA) is 51.1 Å². The first kappa shape index (κ1) is 11.9. The molecule has 0 radical (unpaired) electrons. The van der Waals surface area contributed by atoms with Crippen LogP contribution in [0.15, 0.2) is 36.9 Å². The van der Waals surface area contributed by atoms with Crippen molar-refractivity contribution in [3.63, 3.8) is 0 Å². The zero-order chi connectivity index (χ0) is 13.1. The van der Waals surface area contributed by atoms with Crippen LogP contribution in [-0.4, -0.2) is 34.1 Å². The zero-order valence-electron chi connectivity index (χ0n) is 10.9. The van der Waals surface area contributed by atoms with E-state index < -0.39 is 0 Å². The van der Waals surface area contributed by atoms with E-state index in [9.17, 15) is 0 Å². The van der Waals surface area contributed by atoms with Gasteiger partial charge in [0.2, 0.25) is 5.95 Å². The second-order valence-corrected chi connectivity index (χ2v) is 4.72. The molecule has 98 valence electrons. The molecule has 1 aliphatic heterocycles. The summed E-state index contributed by atoms with van der Waals surface area (Å²) in [6.45, 7) is 3.74. The van der Waals surface area contributed by atoms with Gasteiger partial charge in [0, 0.05) is 37.8 Å². The number of ether oxygens (including phenoxy) is 1. The molecular weight excluding hydrogens is 240 g/mol. The van der Waals surface area contributed by atoms with E-state index in [1.807, 2.05) is 31.5 Å². The summed E-state index contributed by atoms with van der Waals surface area (Å²) in [6.07, 6.45) is 8.35. The van der Waals surface area contributed by atoms with Gasteiger partial charge in [-0.1, -0.05) is 0 Å². The summed E-state index contributed by atoms with van der Waals surface area (Å²) < 4.78 is 5.91. The summed E-state index contributed by atoms with van der Waals surface area (Å²) in [4.78, 5) is 14.8. The Hall–Kier alpha value is -2.17. The molecule has 5 heteroatoms. The molecule has 1 atom stereocenters. The van der Waals surface area contributed by atoms with E-state index in [2.05, 4.69) is 19.9 Å². The third kappa shape index (κ3) is 2.81. The maximum Gasteiger partial charge on any atom is 0.225 e. The molecule has 1 fully saturated rings. The third-order valence-electron chi connectivity index (χ3n) is 3.15. The largest absolute Gasteiger partial charge is 0.488 e. The van der Waals surface area contributed by atoms with Gasteiger partial charge in [-0.3, -0.25) is 4.98 Å². The van der Waals surface area contributed by atoms with Crippen LogP contribution < -0.4 is 9.64 Å². The molecular formula is C14H16N4O. The lowest BCUT2D eigenvalue weighted by Gasteiger charge is -2.16. The van der Waals surface area contributed by atoms with Gasteiger partial charge in [-0.15, -0.1) is 0 Å². The van der Waals surface area contributed by atoms with Crippen LogP contribution in [0.2, 0.25) is 0 Å². The Kier molecular flexibility index (Phi) is 3.27. The summed E-state index contributed by atoms with van der Waals surface area (Å²) in [7, 11) is 0. The van der Waals surface area contributed by atoms with Gasteiger partial charge in [-0.25, -0.2) is 9.97 Å². The lowest BCUT2D eigenvalue weighted by molar-refractivity contribution is 0.224. The molecule has 1 unspecified atom stereocenters. The summed E-state index contributed by atoms with van der Waals surface area (Å²) in [5.41, 5.74) is 1.08. The fourth-order valence-corrected chi connectivity index (χ4v) is 2.16. The van der Waals surface area contributed by atoms with E-state index in [0.29, 0.717) is 0 Å². The van der Waals surface area contributed by atoms with Gasteiger partial charge in [-0.2, -0.15) is 0 Å². The van der Waals surface area contributed by atoms with Gasteiger partial charge >= 0.3 is 0 Å². The molecule has 2 aromatic rings. The molecule has 2 aromatic heterocycles. The smallest absolute Gasteiger partial charge is 0.225 e. The predicted molar refractivity (Wildman–Crippen MR) is 72.3 cm³/mol. The number of aryl methyl sites for hydroxylation is 1. The van der Waals surface area contributed by atoms with Crippen molar-refractivity contribution in [2.45, 2.75) is 19.4 Å². The average Bonchev–Trinajstić information content (AvgIpc) is 2.89. The summed E-state index contributed by atoms with van der Waals surface area (Å²) in [5, 5.41) is 0. The monoisotopic (exact) mass is 256 g/mol. The van der Waals surface area contributed by atoms with Crippen molar-refractivity contribution in [3.05, 3.63) is 42.5 Å². The van der Waals surface area contributed by atoms with E-state index in [0.717, 1.165) is 36.8 Å². The van der Waals surface area contributed by atoms with Crippen molar-refractivity contribution in [1.29, 1.82) is 0 Å². The molecule has 3 heterocycles. The van der Waals surface area contributed by atoms with Crippen molar-refractivity contribution in [2.24, 2.45) is 0 Å². The minimum Gasteiger partial charge on any atom is -0.488 e. The molecule has 1 saturated heterocycles. The van der Waals surface area contributed by atoms with Gasteiger partial charge in [0.05, 0.1) is 6.54 Å². The first-order valence-corrected chi connectivity index (χ1v) is 6.41. The van der Waals surface area contributed by atoms with Gasteiger partial charge in [0.25, 0.3) is 0 Å². The van der Waals surface area contributed by atoms with Gasteiger partial charge in [0.15, 0.2) is 0 Å². The summed E-state index contributed by atoms with van der Waals surface area (Å²) >= 11 is 0. The van der Waals surface area contributed by atoms with Crippen molar-refractivity contribution in [3.8, 4) is 5.75 Å². The first-order chi connectivity index (χ1) is 9.31. The van der Waals surface area contributed by atoms with Crippen LogP contribution in [0.25, 0.3) is 0 Å². The highest BCUT2D eigenvalue weighted by Gasteiger charge is 2.25. The summed E-state index contributed by atoms with van der Waals surface area (Å²) in [5.74, 6) is 1.65. The maximum atomic E-state index is 5.91. The second-order valence-electron chi connectivity index (χ2n) is 4.72. The SMILES string of the molecule is Cc1cnc(N2CCC(Oc3ccncc3)C2)nc1. The van der Waals surface area contributed by atoms with Crippen LogP contribution in [0.1, 0.15) is 12.0 Å². The molecule has 5 nitrogen and oxygen atoms in total. The van der Waals surface area contributed by atoms with Crippen LogP contribution in [0.4, 0.5) is 5.95 Å². The molecule has 0 saturated carbocycles. The Balaban J connectivity index is 1.62. The number of aromatic nitrogens is 3. The number of hydrogen-bond donors (Lipinski definition) is 0. The third-order valence-corrected chi connectivity index (χ3v) is 3.15. The Morgan fingerprint density at radius 1 is 1.21 bits per heavy atom. The number of hydrogen-bond acceptors (Lipinski definition) is 5. The van der Waals surface area contributed by atoms with Crippen LogP contribution in [-0.2, 0) is 0 Å². The lowest BCUT2D eigenvalue weighted by Crippen LogP contribution is -2.26. The molecule has 3 rings (SSSR count). The van der Waals surface area contributed by atoms with E-state index in [-0.39, 0.29) is 6.10 Å². The molecule has 0 aliphatic carbocycles. The normalized spacial score (nSPS) is 18.6. The van der Waals surface area contributed by atoms with Crippen molar-refractivity contribution < 1.29 is 4.74 Å². The van der Waals surface area contributed by atoms with Gasteiger partial charge in [-0.05, 0) is 24.6 Å². The Morgan fingerprint density at radius 3 is 2.68 bits per heavy atom. The zero-order valence-corrected chi connectivity index (χ0v) is 10.9. The minimum atomic E-state index is 0.187. The quantitative estimate of drug-likeness (QED) is 0.838. The fourth-order valence-electron chi connectivity index (χ4n) is 2.16. The van der Waals surface area contributed by atoms with Crippen LogP contribution in [0.3, 0.4) is 0 Å². The van der Waals surface area contributed by atoms with Gasteiger partial charge in [0.1, 0.15) is 11.9 Å². The molecule has 0 N–H and O–H groups in total. The van der Waals surface area contributed by atoms with E-state index in [1.54, 1.807) is 12.4 Å². The van der Waals surface area contributed by atoms with Gasteiger partial charge < -0.3 is 9.64 Å². The van der Waals surface area contributed by atoms with Crippen molar-refractivity contribution in [2.75, 3.05) is 18.0 Å². The molecule has 19 heavy (non-hydrogen) atoms. The number of rotatable bonds is 3. The predicted octanol–water partition coefficient (Wildman–Crippen LogP) is 1.84. The van der Waals surface area contributed by atoms with E-state index >= 15 is 0 Å². The number of anilines is 1. The number of pyridine rings is 1. The molecule has 0 bridgehead atoms. The highest BCUT2D eigenvalue weighted by atomic mass is 16.5. The maximum absolute atomic E-state index is 5.91. The minimum absolute atomic E-state index is 0.187. The Bertz CT molecular complexity index is 529. The standard InChI is InChI=1S/C14H16N4O/c1-11-8-16-14(17-9-11)18-7-4-13(10-18)19-12-2-5-15-6-3-12/h2-3,5-6,8-9,13H,4,7,10H2,1H3. The first-order valence-electron chi connectivity index (χ1n) is 6.41. The Morgan fingerprint density at radius 2 is 1.95 bits per heavy atom. The highest BCUT2D eigenvalue weighted by Crippen LogP contribution is 2.20. The highest BCUT2D eigenvalue weighted by molar-refractivity contribution is 5.32. The molecule has 0 amide bonds. The summed E-state index contributed by atoms with van der Waals surface area (Å²) in [6, 6.07) is 3.76. The second kappa shape index (κ2) is 5.22. The van der Waals surface area contributed by atoms with E-state index in [4.69, 9.17) is 4.74 Å². The molecule has 0 aromatic carbocycles. The fraction of sp³-hybridized carbons (Fsp3) is 0.357.